The van der Waals surface area contributed by atoms with Crippen molar-refractivity contribution in [1.29, 1.82) is 5.41 Å². The molecule has 0 saturated heterocycles. The predicted molar refractivity (Wildman–Crippen MR) is 121 cm³/mol. The minimum Gasteiger partial charge on any atom is -0.462 e. The van der Waals surface area contributed by atoms with Crippen molar-refractivity contribution in [3.63, 3.8) is 0 Å². The van der Waals surface area contributed by atoms with E-state index in [4.69, 9.17) is 20.6 Å². The molecule has 4 N–H and O–H groups in total. The van der Waals surface area contributed by atoms with Gasteiger partial charge in [-0.15, -0.1) is 0 Å². The van der Waals surface area contributed by atoms with E-state index in [2.05, 4.69) is 24.2 Å². The number of amidine groups is 1. The van der Waals surface area contributed by atoms with Crippen molar-refractivity contribution >= 4 is 17.5 Å². The van der Waals surface area contributed by atoms with E-state index >= 15 is 0 Å². The lowest BCUT2D eigenvalue weighted by atomic mass is 10.0. The first-order valence-electron chi connectivity index (χ1n) is 11.1. The maximum absolute atomic E-state index is 12.4. The van der Waals surface area contributed by atoms with E-state index < -0.39 is 11.9 Å². The number of aliphatic imine (C=N–C) groups is 1. The van der Waals surface area contributed by atoms with Crippen molar-refractivity contribution in [2.24, 2.45) is 16.6 Å². The standard InChI is InChI=1S/C22H44N4O3/c1-7-9-10-11-12-13-25-19(8-2)20(28-6)15-26-21(24)18(14-17(5)23)22(27)29-16(3)4/h16,18-20,23,25H,7-15H2,1-6H3,(H2,24,26). The number of nitrogens with one attached hydrogen (secondary N) is 2. The number of unbranched alkanes of at least 4 members (excludes halogenated alkanes) is 4. The van der Waals surface area contributed by atoms with E-state index in [0.29, 0.717) is 12.3 Å². The highest BCUT2D eigenvalue weighted by Gasteiger charge is 2.26. The molecule has 3 atom stereocenters. The molecule has 0 aliphatic carbocycles. The van der Waals surface area contributed by atoms with Crippen molar-refractivity contribution in [2.75, 3.05) is 20.2 Å². The van der Waals surface area contributed by atoms with Crippen molar-refractivity contribution in [3.05, 3.63) is 0 Å². The Morgan fingerprint density at radius 2 is 1.83 bits per heavy atom. The first-order chi connectivity index (χ1) is 13.8. The van der Waals surface area contributed by atoms with Crippen LogP contribution in [0, 0.1) is 11.3 Å². The monoisotopic (exact) mass is 412 g/mol. The van der Waals surface area contributed by atoms with Crippen molar-refractivity contribution in [3.8, 4) is 0 Å². The summed E-state index contributed by atoms with van der Waals surface area (Å²) in [5, 5.41) is 11.3. The van der Waals surface area contributed by atoms with E-state index in [1.807, 2.05) is 0 Å². The van der Waals surface area contributed by atoms with Crippen LogP contribution < -0.4 is 11.1 Å². The molecule has 0 aromatic rings. The molecule has 0 rings (SSSR count). The molecule has 0 aliphatic rings. The lowest BCUT2D eigenvalue weighted by Gasteiger charge is -2.25. The molecule has 0 aliphatic heterocycles. The van der Waals surface area contributed by atoms with Crippen LogP contribution in [0.4, 0.5) is 0 Å². The Balaban J connectivity index is 4.87. The summed E-state index contributed by atoms with van der Waals surface area (Å²) in [5.74, 6) is -0.947. The van der Waals surface area contributed by atoms with Gasteiger partial charge in [-0.2, -0.15) is 0 Å². The Hall–Kier alpha value is -1.47. The maximum Gasteiger partial charge on any atom is 0.317 e. The summed E-state index contributed by atoms with van der Waals surface area (Å²) in [6.07, 6.45) is 6.99. The van der Waals surface area contributed by atoms with Gasteiger partial charge in [-0.3, -0.25) is 9.79 Å². The van der Waals surface area contributed by atoms with E-state index in [1.54, 1.807) is 27.9 Å². The third-order valence-corrected chi connectivity index (χ3v) is 4.84. The van der Waals surface area contributed by atoms with Gasteiger partial charge in [-0.05, 0) is 40.2 Å². The van der Waals surface area contributed by atoms with E-state index in [1.165, 1.54) is 25.7 Å². The lowest BCUT2D eigenvalue weighted by Crippen LogP contribution is -2.43. The summed E-state index contributed by atoms with van der Waals surface area (Å²) in [4.78, 5) is 16.8. The van der Waals surface area contributed by atoms with Gasteiger partial charge in [0.1, 0.15) is 11.8 Å². The lowest BCUT2D eigenvalue weighted by molar-refractivity contribution is -0.149. The number of nitrogens with zero attached hydrogens (tertiary/aromatic N) is 1. The molecule has 3 unspecified atom stereocenters. The molecule has 0 spiro atoms. The topological polar surface area (TPSA) is 110 Å². The third kappa shape index (κ3) is 12.6. The SMILES string of the molecule is CCCCCCCNC(CC)C(CN=C(N)C(CC(C)=N)C(=O)OC(C)C)OC. The second-order valence-electron chi connectivity index (χ2n) is 7.95. The summed E-state index contributed by atoms with van der Waals surface area (Å²) >= 11 is 0. The van der Waals surface area contributed by atoms with Gasteiger partial charge in [0.05, 0.1) is 18.8 Å². The number of nitrogens with two attached hydrogens (primary N) is 1. The number of carbonyl (C=O) groups is 1. The van der Waals surface area contributed by atoms with Crippen molar-refractivity contribution in [1.82, 2.24) is 5.32 Å². The molecular formula is C22H44N4O3. The number of esters is 1. The van der Waals surface area contributed by atoms with Gasteiger partial charge < -0.3 is 25.9 Å². The van der Waals surface area contributed by atoms with E-state index in [0.717, 1.165) is 19.4 Å². The summed E-state index contributed by atoms with van der Waals surface area (Å²) in [5.41, 5.74) is 6.50. The van der Waals surface area contributed by atoms with E-state index in [-0.39, 0.29) is 30.5 Å². The molecule has 0 fully saturated rings. The van der Waals surface area contributed by atoms with Crippen LogP contribution in [0.2, 0.25) is 0 Å². The molecule has 7 nitrogen and oxygen atoms in total. The molecule has 170 valence electrons. The van der Waals surface area contributed by atoms with Crippen LogP contribution in [0.15, 0.2) is 4.99 Å². The Morgan fingerprint density at radius 1 is 1.17 bits per heavy atom. The summed E-state index contributed by atoms with van der Waals surface area (Å²) in [7, 11) is 1.67. The van der Waals surface area contributed by atoms with Crippen LogP contribution >= 0.6 is 0 Å². The van der Waals surface area contributed by atoms with Gasteiger partial charge in [0.15, 0.2) is 0 Å². The average Bonchev–Trinajstić information content (AvgIpc) is 2.66. The Bertz CT molecular complexity index is 494. The summed E-state index contributed by atoms with van der Waals surface area (Å²) < 4.78 is 10.9. The normalized spacial score (nSPS) is 15.2. The van der Waals surface area contributed by atoms with Crippen molar-refractivity contribution < 1.29 is 14.3 Å². The number of carbonyl (C=O) groups excluding carboxylic acids is 1. The fourth-order valence-corrected chi connectivity index (χ4v) is 3.16. The molecule has 0 radical (unpaired) electrons. The second kappa shape index (κ2) is 16.3. The van der Waals surface area contributed by atoms with E-state index in [9.17, 15) is 4.79 Å². The van der Waals surface area contributed by atoms with Crippen LogP contribution in [0.5, 0.6) is 0 Å². The van der Waals surface area contributed by atoms with Crippen LogP contribution in [0.25, 0.3) is 0 Å². The predicted octanol–water partition coefficient (Wildman–Crippen LogP) is 3.69. The molecule has 0 aromatic heterocycles. The number of ether oxygens (including phenoxy) is 2. The highest BCUT2D eigenvalue weighted by Crippen LogP contribution is 2.11. The van der Waals surface area contributed by atoms with Crippen molar-refractivity contribution in [2.45, 2.75) is 97.8 Å². The molecule has 0 aromatic carbocycles. The Kier molecular flexibility index (Phi) is 15.5. The fourth-order valence-electron chi connectivity index (χ4n) is 3.16. The van der Waals surface area contributed by atoms with Gasteiger partial charge in [0.2, 0.25) is 0 Å². The molecule has 0 amide bonds. The summed E-state index contributed by atoms with van der Waals surface area (Å²) in [6.45, 7) is 10.9. The zero-order valence-electron chi connectivity index (χ0n) is 19.4. The highest BCUT2D eigenvalue weighted by atomic mass is 16.5. The van der Waals surface area contributed by atoms with Gasteiger partial charge >= 0.3 is 5.97 Å². The minimum atomic E-state index is -0.723. The molecule has 7 heteroatoms. The number of methoxy groups -OCH3 is 1. The molecule has 29 heavy (non-hydrogen) atoms. The number of hydrogen-bond donors (Lipinski definition) is 3. The zero-order valence-corrected chi connectivity index (χ0v) is 19.4. The Morgan fingerprint density at radius 3 is 2.34 bits per heavy atom. The van der Waals surface area contributed by atoms with Gasteiger partial charge in [-0.1, -0.05) is 39.5 Å². The number of hydrogen-bond acceptors (Lipinski definition) is 6. The molecule has 0 saturated carbocycles. The second-order valence-corrected chi connectivity index (χ2v) is 7.95. The first kappa shape index (κ1) is 27.5. The van der Waals surface area contributed by atoms with Crippen LogP contribution in [0.3, 0.4) is 0 Å². The zero-order chi connectivity index (χ0) is 22.2. The molecule has 0 heterocycles. The molecular weight excluding hydrogens is 368 g/mol. The first-order valence-corrected chi connectivity index (χ1v) is 11.1. The minimum absolute atomic E-state index is 0.128. The van der Waals surface area contributed by atoms with Gasteiger partial charge in [0.25, 0.3) is 0 Å². The van der Waals surface area contributed by atoms with Gasteiger partial charge in [-0.25, -0.2) is 0 Å². The Labute approximate surface area is 177 Å². The maximum atomic E-state index is 12.4. The highest BCUT2D eigenvalue weighted by molar-refractivity contribution is 6.03. The quantitative estimate of drug-likeness (QED) is 0.146. The van der Waals surface area contributed by atoms with Gasteiger partial charge in [0, 0.05) is 25.3 Å². The fraction of sp³-hybridized carbons (Fsp3) is 0.864. The molecule has 0 bridgehead atoms. The average molecular weight is 413 g/mol. The van der Waals surface area contributed by atoms with Crippen LogP contribution in [0.1, 0.15) is 79.6 Å². The summed E-state index contributed by atoms with van der Waals surface area (Å²) in [6, 6.07) is 0.174. The largest absolute Gasteiger partial charge is 0.462 e. The smallest absolute Gasteiger partial charge is 0.317 e. The van der Waals surface area contributed by atoms with Crippen LogP contribution in [-0.2, 0) is 14.3 Å². The van der Waals surface area contributed by atoms with Crippen LogP contribution in [-0.4, -0.2) is 56.0 Å². The number of rotatable bonds is 17. The third-order valence-electron chi connectivity index (χ3n) is 4.84.